The summed E-state index contributed by atoms with van der Waals surface area (Å²) in [6.45, 7) is 0. The first-order valence-corrected chi connectivity index (χ1v) is 5.73. The zero-order valence-electron chi connectivity index (χ0n) is 10.9. The summed E-state index contributed by atoms with van der Waals surface area (Å²) in [7, 11) is 0. The third-order valence-corrected chi connectivity index (χ3v) is 1.82. The first kappa shape index (κ1) is 21.2. The molecular formula is C18H15IMn-4. The first-order chi connectivity index (χ1) is 9.00. The van der Waals surface area contributed by atoms with Gasteiger partial charge in [-0.1, -0.05) is 0 Å². The molecule has 0 spiro atoms. The van der Waals surface area contributed by atoms with Crippen LogP contribution < -0.4 is 24.0 Å². The van der Waals surface area contributed by atoms with Crippen molar-refractivity contribution in [2.45, 2.75) is 0 Å². The van der Waals surface area contributed by atoms with Crippen LogP contribution >= 0.6 is 0 Å². The van der Waals surface area contributed by atoms with Crippen LogP contribution in [0.25, 0.3) is 0 Å². The summed E-state index contributed by atoms with van der Waals surface area (Å²) in [5.74, 6) is 0. The van der Waals surface area contributed by atoms with E-state index < -0.39 is 0 Å². The van der Waals surface area contributed by atoms with Crippen molar-refractivity contribution in [3.63, 3.8) is 0 Å². The van der Waals surface area contributed by atoms with Gasteiger partial charge in [0.05, 0.1) is 0 Å². The van der Waals surface area contributed by atoms with Gasteiger partial charge in [-0.25, -0.2) is 0 Å². The van der Waals surface area contributed by atoms with Gasteiger partial charge in [0.25, 0.3) is 0 Å². The standard InChI is InChI=1S/3C6H5.HI.Mn/c3*1-2-4-6-5-3-1;;/h3*1-5H;1H;/q3*-1;;/p-1. The van der Waals surface area contributed by atoms with E-state index in [1.165, 1.54) is 0 Å². The van der Waals surface area contributed by atoms with Gasteiger partial charge in [-0.15, -0.1) is 0 Å². The molecule has 0 atom stereocenters. The summed E-state index contributed by atoms with van der Waals surface area (Å²) in [4.78, 5) is 0. The van der Waals surface area contributed by atoms with Gasteiger partial charge >= 0.3 is 0 Å². The second-order valence-corrected chi connectivity index (χ2v) is 3.23. The zero-order chi connectivity index (χ0) is 12.7. The molecule has 0 heterocycles. The molecule has 0 nitrogen and oxygen atoms in total. The Kier molecular flexibility index (Phi) is 19.0. The van der Waals surface area contributed by atoms with Crippen LogP contribution in [-0.4, -0.2) is 0 Å². The summed E-state index contributed by atoms with van der Waals surface area (Å²) in [6, 6.07) is 37.5. The van der Waals surface area contributed by atoms with Gasteiger partial charge in [-0.05, 0) is 0 Å². The molecule has 0 N–H and O–H groups in total. The number of hydrogen-bond acceptors (Lipinski definition) is 0. The molecule has 0 aliphatic rings. The van der Waals surface area contributed by atoms with E-state index in [2.05, 4.69) is 18.2 Å². The zero-order valence-corrected chi connectivity index (χ0v) is 14.3. The van der Waals surface area contributed by atoms with E-state index in [0.717, 1.165) is 0 Å². The molecule has 1 radical (unpaired) electrons. The largest absolute Gasteiger partial charge is 1.00 e. The Labute approximate surface area is 149 Å². The fourth-order valence-corrected chi connectivity index (χ4v) is 1.03. The molecule has 0 aromatic heterocycles. The second-order valence-electron chi connectivity index (χ2n) is 3.23. The average molecular weight is 413 g/mol. The molecule has 20 heavy (non-hydrogen) atoms. The van der Waals surface area contributed by atoms with Crippen LogP contribution in [0.2, 0.25) is 0 Å². The van der Waals surface area contributed by atoms with Gasteiger partial charge in [0, 0.05) is 17.1 Å². The normalized spacial score (nSPS) is 7.20. The molecule has 2 heteroatoms. The monoisotopic (exact) mass is 413 g/mol. The SMILES string of the molecule is [I-].[Mn].[c-]1ccccc1.[c-]1ccccc1.[c-]1ccccc1. The number of hydrogen-bond donors (Lipinski definition) is 0. The predicted molar refractivity (Wildman–Crippen MR) is 75.8 cm³/mol. The quantitative estimate of drug-likeness (QED) is 0.298. The van der Waals surface area contributed by atoms with Crippen molar-refractivity contribution in [3.05, 3.63) is 109 Å². The Morgan fingerprint density at radius 1 is 0.350 bits per heavy atom. The van der Waals surface area contributed by atoms with Gasteiger partial charge in [-0.2, -0.15) is 109 Å². The summed E-state index contributed by atoms with van der Waals surface area (Å²) in [5, 5.41) is 0. The molecule has 3 aromatic carbocycles. The fourth-order valence-electron chi connectivity index (χ4n) is 1.03. The molecule has 0 unspecified atom stereocenters. The molecule has 0 saturated carbocycles. The summed E-state index contributed by atoms with van der Waals surface area (Å²) in [5.41, 5.74) is 0. The maximum Gasteiger partial charge on any atom is 0 e. The van der Waals surface area contributed by atoms with Gasteiger partial charge in [-0.3, -0.25) is 0 Å². The second kappa shape index (κ2) is 17.9. The Morgan fingerprint density at radius 3 is 0.600 bits per heavy atom. The van der Waals surface area contributed by atoms with Gasteiger partial charge in [0.15, 0.2) is 0 Å². The van der Waals surface area contributed by atoms with Crippen molar-refractivity contribution in [2.75, 3.05) is 0 Å². The van der Waals surface area contributed by atoms with Crippen LogP contribution in [0.3, 0.4) is 0 Å². The van der Waals surface area contributed by atoms with Crippen LogP contribution in [0.5, 0.6) is 0 Å². The number of benzene rings is 3. The molecule has 3 rings (SSSR count). The van der Waals surface area contributed by atoms with Crippen molar-refractivity contribution >= 4 is 0 Å². The molecular weight excluding hydrogens is 398 g/mol. The van der Waals surface area contributed by atoms with Crippen LogP contribution in [0, 0.1) is 18.2 Å². The summed E-state index contributed by atoms with van der Waals surface area (Å²) in [6.07, 6.45) is 0. The predicted octanol–water partition coefficient (Wildman–Crippen LogP) is 1.46. The number of halogens is 1. The Hall–Kier alpha value is -1.09. The average Bonchev–Trinajstić information content (AvgIpc) is 2.54. The minimum atomic E-state index is 0. The third kappa shape index (κ3) is 15.0. The minimum absolute atomic E-state index is 0. The van der Waals surface area contributed by atoms with E-state index in [1.54, 1.807) is 0 Å². The molecule has 0 bridgehead atoms. The molecule has 0 aliphatic carbocycles. The molecule has 105 valence electrons. The van der Waals surface area contributed by atoms with Crippen LogP contribution in [-0.2, 0) is 17.1 Å². The Bertz CT molecular complexity index is 302. The molecule has 0 amide bonds. The maximum absolute atomic E-state index is 2.89. The first-order valence-electron chi connectivity index (χ1n) is 5.73. The van der Waals surface area contributed by atoms with E-state index in [-0.39, 0.29) is 41.0 Å². The van der Waals surface area contributed by atoms with E-state index in [0.29, 0.717) is 0 Å². The number of rotatable bonds is 0. The molecule has 0 aliphatic heterocycles. The van der Waals surface area contributed by atoms with E-state index in [9.17, 15) is 0 Å². The Balaban J connectivity index is 0. The van der Waals surface area contributed by atoms with Gasteiger partial charge in [0.2, 0.25) is 0 Å². The van der Waals surface area contributed by atoms with Crippen LogP contribution in [0.4, 0.5) is 0 Å². The summed E-state index contributed by atoms with van der Waals surface area (Å²) < 4.78 is 0. The van der Waals surface area contributed by atoms with E-state index in [1.807, 2.05) is 91.0 Å². The van der Waals surface area contributed by atoms with Crippen LogP contribution in [0.1, 0.15) is 0 Å². The van der Waals surface area contributed by atoms with Crippen molar-refractivity contribution in [2.24, 2.45) is 0 Å². The van der Waals surface area contributed by atoms with E-state index in [4.69, 9.17) is 0 Å². The molecule has 3 aromatic rings. The van der Waals surface area contributed by atoms with Gasteiger partial charge < -0.3 is 24.0 Å². The topological polar surface area (TPSA) is 0 Å². The third-order valence-electron chi connectivity index (χ3n) is 1.82. The van der Waals surface area contributed by atoms with Crippen molar-refractivity contribution in [1.82, 2.24) is 0 Å². The molecule has 0 fully saturated rings. The smallest absolute Gasteiger partial charge is 0 e. The van der Waals surface area contributed by atoms with Crippen molar-refractivity contribution < 1.29 is 41.0 Å². The minimum Gasteiger partial charge on any atom is -1.00 e. The summed E-state index contributed by atoms with van der Waals surface area (Å²) >= 11 is 0. The van der Waals surface area contributed by atoms with E-state index >= 15 is 0 Å². The van der Waals surface area contributed by atoms with Crippen molar-refractivity contribution in [1.29, 1.82) is 0 Å². The maximum atomic E-state index is 2.89. The fraction of sp³-hybridized carbons (Fsp3) is 0. The molecule has 0 saturated heterocycles. The van der Waals surface area contributed by atoms with Gasteiger partial charge in [0.1, 0.15) is 0 Å². The van der Waals surface area contributed by atoms with Crippen molar-refractivity contribution in [3.8, 4) is 0 Å². The Morgan fingerprint density at radius 2 is 0.550 bits per heavy atom. The van der Waals surface area contributed by atoms with Crippen LogP contribution in [0.15, 0.2) is 91.0 Å².